The Morgan fingerprint density at radius 3 is 1.20 bits per heavy atom. The van der Waals surface area contributed by atoms with Crippen LogP contribution in [-0.4, -0.2) is 15.5 Å². The van der Waals surface area contributed by atoms with Gasteiger partial charge in [0.1, 0.15) is 0 Å². The highest BCUT2D eigenvalue weighted by atomic mass is 32.1. The van der Waals surface area contributed by atoms with Crippen LogP contribution >= 0.6 is 46.0 Å². The molecule has 10 heavy (non-hydrogen) atoms. The van der Waals surface area contributed by atoms with Crippen LogP contribution in [0.25, 0.3) is 0 Å². The van der Waals surface area contributed by atoms with Crippen molar-refractivity contribution in [3.05, 3.63) is 0 Å². The summed E-state index contributed by atoms with van der Waals surface area (Å²) in [5.41, 5.74) is 0. The fourth-order valence-electron chi connectivity index (χ4n) is 0. The molecular formula is C3H4N3PS3. The fraction of sp³-hybridized carbons (Fsp3) is 0. The lowest BCUT2D eigenvalue weighted by Gasteiger charge is -1.39. The Labute approximate surface area is 77.2 Å². The Kier molecular flexibility index (Phi) is 60.6. The third-order valence-corrected chi connectivity index (χ3v) is 0.474. The van der Waals surface area contributed by atoms with Gasteiger partial charge >= 0.3 is 0 Å². The van der Waals surface area contributed by atoms with Gasteiger partial charge in [-0.2, -0.15) is 0 Å². The van der Waals surface area contributed by atoms with Gasteiger partial charge in [0.25, 0.3) is 0 Å². The van der Waals surface area contributed by atoms with Crippen molar-refractivity contribution < 1.29 is 0 Å². The van der Waals surface area contributed by atoms with Crippen LogP contribution in [0.5, 0.6) is 0 Å². The van der Waals surface area contributed by atoms with Crippen molar-refractivity contribution in [1.82, 2.24) is 0 Å². The minimum atomic E-state index is 1.58. The molecule has 0 aromatic rings. The molecule has 0 amide bonds. The second-order valence-corrected chi connectivity index (χ2v) is 1.27. The molecule has 0 aromatic carbocycles. The van der Waals surface area contributed by atoms with E-state index in [1.54, 1.807) is 10.3 Å². The zero-order valence-electron chi connectivity index (χ0n) is 4.75. The smallest absolute Gasteiger partial charge is 0.0618 e. The summed E-state index contributed by atoms with van der Waals surface area (Å²) < 4.78 is 3.22. The van der Waals surface area contributed by atoms with Crippen LogP contribution in [0.1, 0.15) is 0 Å². The fourth-order valence-corrected chi connectivity index (χ4v) is 0. The summed E-state index contributed by atoms with van der Waals surface area (Å²) in [5, 5.41) is 16.8. The van der Waals surface area contributed by atoms with E-state index in [0.717, 1.165) is 0 Å². The number of nitrogens with one attached hydrogen (secondary N) is 2. The molecule has 0 saturated heterocycles. The average molecular weight is 209 g/mol. The molecule has 0 fully saturated rings. The Morgan fingerprint density at radius 2 is 1.20 bits per heavy atom. The van der Waals surface area contributed by atoms with Crippen LogP contribution < -0.4 is 0 Å². The first-order valence-corrected chi connectivity index (χ1v) is 3.34. The third-order valence-electron chi connectivity index (χ3n) is 0.0527. The van der Waals surface area contributed by atoms with Gasteiger partial charge in [0, 0.05) is 0 Å². The highest BCUT2D eigenvalue weighted by Gasteiger charge is 1.24. The molecule has 0 spiro atoms. The second kappa shape index (κ2) is 36.9. The lowest BCUT2D eigenvalue weighted by atomic mass is 11.8. The molecule has 0 heterocycles. The van der Waals surface area contributed by atoms with Gasteiger partial charge in [-0.05, 0) is 46.0 Å². The molecule has 0 saturated carbocycles. The van der Waals surface area contributed by atoms with E-state index in [2.05, 4.69) is 56.0 Å². The summed E-state index contributed by atoms with van der Waals surface area (Å²) in [6.45, 7) is 0. The maximum atomic E-state index is 5.77. The minimum absolute atomic E-state index is 1.58. The van der Waals surface area contributed by atoms with E-state index in [1.165, 1.54) is 0 Å². The Balaban J connectivity index is -0.0000000750. The summed E-state index contributed by atoms with van der Waals surface area (Å²) in [4.78, 5) is 0. The normalized spacial score (nSPS) is 3.30. The molecule has 1 atom stereocenters. The highest BCUT2D eigenvalue weighted by Crippen LogP contribution is 1.70. The van der Waals surface area contributed by atoms with E-state index in [9.17, 15) is 0 Å². The number of thiocarbonyl (C=S) groups is 3. The molecule has 0 aliphatic rings. The molecule has 7 heteroatoms. The second-order valence-electron chi connectivity index (χ2n) is 0.425. The van der Waals surface area contributed by atoms with E-state index in [1.807, 2.05) is 0 Å². The van der Waals surface area contributed by atoms with Crippen LogP contribution in [0.4, 0.5) is 0 Å². The number of hydrogen-bond donors (Lipinski definition) is 2. The molecule has 2 N–H and O–H groups in total. The Morgan fingerprint density at radius 1 is 1.10 bits per heavy atom. The first-order valence-electron chi connectivity index (χ1n) is 1.59. The van der Waals surface area contributed by atoms with Crippen molar-refractivity contribution >= 4 is 61.5 Å². The van der Waals surface area contributed by atoms with Crippen LogP contribution in [0, 0.1) is 10.8 Å². The van der Waals surface area contributed by atoms with E-state index < -0.39 is 0 Å². The molecule has 0 aliphatic heterocycles. The SMILES string of the molecule is N=C=S.N=C=S.PN=C=S. The van der Waals surface area contributed by atoms with Gasteiger partial charge in [-0.3, -0.25) is 0 Å². The third kappa shape index (κ3) is 530. The van der Waals surface area contributed by atoms with Crippen molar-refractivity contribution in [2.45, 2.75) is 0 Å². The van der Waals surface area contributed by atoms with Gasteiger partial charge in [-0.1, -0.05) is 0 Å². The summed E-state index contributed by atoms with van der Waals surface area (Å²) in [6.07, 6.45) is 0. The van der Waals surface area contributed by atoms with Crippen molar-refractivity contribution in [3.8, 4) is 0 Å². The summed E-state index contributed by atoms with van der Waals surface area (Å²) >= 11 is 11.7. The molecule has 0 aliphatic carbocycles. The summed E-state index contributed by atoms with van der Waals surface area (Å²) in [7, 11) is 2.06. The van der Waals surface area contributed by atoms with Gasteiger partial charge < -0.3 is 0 Å². The highest BCUT2D eigenvalue weighted by molar-refractivity contribution is 7.78. The van der Waals surface area contributed by atoms with Crippen molar-refractivity contribution in [2.24, 2.45) is 4.76 Å². The van der Waals surface area contributed by atoms with Crippen molar-refractivity contribution in [2.75, 3.05) is 0 Å². The minimum Gasteiger partial charge on any atom is -0.248 e. The lowest BCUT2D eigenvalue weighted by molar-refractivity contribution is 1.61. The van der Waals surface area contributed by atoms with Gasteiger partial charge in [-0.25, -0.2) is 15.6 Å². The molecule has 0 aromatic heterocycles. The standard InChI is InChI=1S/CH2NPS.2CHNS/c3-2-1-4;2*2-1-3/h3H2;2*2H. The van der Waals surface area contributed by atoms with Crippen LogP contribution in [0.3, 0.4) is 0 Å². The predicted molar refractivity (Wildman–Crippen MR) is 55.4 cm³/mol. The Bertz CT molecular complexity index is 150. The number of hydrogen-bond acceptors (Lipinski definition) is 6. The average Bonchev–Trinajstić information content (AvgIpc) is 1.91. The number of isothiocyanates is 3. The number of nitrogens with zero attached hydrogens (tertiary/aromatic N) is 1. The molecule has 0 bridgehead atoms. The topological polar surface area (TPSA) is 60.1 Å². The monoisotopic (exact) mass is 209 g/mol. The zero-order chi connectivity index (χ0) is 8.83. The quantitative estimate of drug-likeness (QED) is 0.365. The van der Waals surface area contributed by atoms with Gasteiger partial charge in [0.15, 0.2) is 0 Å². The van der Waals surface area contributed by atoms with Gasteiger partial charge in [0.2, 0.25) is 0 Å². The van der Waals surface area contributed by atoms with E-state index >= 15 is 0 Å². The van der Waals surface area contributed by atoms with E-state index in [4.69, 9.17) is 10.8 Å². The zero-order valence-corrected chi connectivity index (χ0v) is 8.35. The number of rotatable bonds is 0. The summed E-state index contributed by atoms with van der Waals surface area (Å²) in [5.74, 6) is 0. The van der Waals surface area contributed by atoms with Crippen LogP contribution in [0.2, 0.25) is 0 Å². The maximum absolute atomic E-state index is 5.77. The van der Waals surface area contributed by atoms with Crippen LogP contribution in [-0.2, 0) is 0 Å². The van der Waals surface area contributed by atoms with Gasteiger partial charge in [-0.15, -0.1) is 0 Å². The Hall–Kier alpha value is -0.170. The largest absolute Gasteiger partial charge is 0.248 e. The molecule has 0 radical (unpaired) electrons. The first-order chi connectivity index (χ1) is 4.74. The van der Waals surface area contributed by atoms with Crippen molar-refractivity contribution in [1.29, 1.82) is 10.8 Å². The lowest BCUT2D eigenvalue weighted by Crippen LogP contribution is -1.15. The maximum Gasteiger partial charge on any atom is 0.0618 e. The molecular weight excluding hydrogens is 205 g/mol. The summed E-state index contributed by atoms with van der Waals surface area (Å²) in [6, 6.07) is 0. The first kappa shape index (κ1) is 16.4. The van der Waals surface area contributed by atoms with Crippen LogP contribution in [0.15, 0.2) is 4.76 Å². The predicted octanol–water partition coefficient (Wildman–Crippen LogP) is 2.22. The van der Waals surface area contributed by atoms with E-state index in [-0.39, 0.29) is 0 Å². The molecule has 0 rings (SSSR count). The molecule has 3 nitrogen and oxygen atoms in total. The molecule has 1 unspecified atom stereocenters. The van der Waals surface area contributed by atoms with Crippen molar-refractivity contribution in [3.63, 3.8) is 0 Å². The van der Waals surface area contributed by atoms with E-state index in [0.29, 0.717) is 0 Å². The van der Waals surface area contributed by atoms with Gasteiger partial charge in [0.05, 0.1) is 15.5 Å². The molecule has 54 valence electrons.